The number of nitrogens with zero attached hydrogens (tertiary/aromatic N) is 3. The van der Waals surface area contributed by atoms with Crippen molar-refractivity contribution in [3.8, 4) is 5.69 Å². The van der Waals surface area contributed by atoms with Gasteiger partial charge in [-0.2, -0.15) is 0 Å². The number of hydrogen-bond donors (Lipinski definition) is 0. The van der Waals surface area contributed by atoms with E-state index in [1.165, 1.54) is 23.1 Å². The van der Waals surface area contributed by atoms with Gasteiger partial charge in [-0.1, -0.05) is 60.3 Å². The number of hydrogen-bond acceptors (Lipinski definition) is 5. The summed E-state index contributed by atoms with van der Waals surface area (Å²) >= 11 is 2.84. The molecule has 0 saturated heterocycles. The fourth-order valence-electron chi connectivity index (χ4n) is 3.85. The Balaban J connectivity index is 1.70. The molecule has 176 valence electrons. The van der Waals surface area contributed by atoms with Crippen LogP contribution < -0.4 is 5.56 Å². The summed E-state index contributed by atoms with van der Waals surface area (Å²) in [6.07, 6.45) is 0. The van der Waals surface area contributed by atoms with Gasteiger partial charge in [0.15, 0.2) is 5.16 Å². The van der Waals surface area contributed by atoms with E-state index in [4.69, 9.17) is 4.98 Å². The minimum Gasteiger partial charge on any atom is -0.333 e. The largest absolute Gasteiger partial charge is 0.333 e. The molecule has 0 bridgehead atoms. The molecule has 4 rings (SSSR count). The van der Waals surface area contributed by atoms with Crippen LogP contribution in [0.4, 0.5) is 0 Å². The van der Waals surface area contributed by atoms with Gasteiger partial charge in [0.2, 0.25) is 5.91 Å². The maximum atomic E-state index is 13.6. The van der Waals surface area contributed by atoms with E-state index < -0.39 is 0 Å². The van der Waals surface area contributed by atoms with Crippen molar-refractivity contribution in [3.63, 3.8) is 0 Å². The van der Waals surface area contributed by atoms with Gasteiger partial charge in [0, 0.05) is 17.0 Å². The van der Waals surface area contributed by atoms with Gasteiger partial charge in [0.1, 0.15) is 4.83 Å². The maximum Gasteiger partial charge on any atom is 0.267 e. The number of aromatic nitrogens is 2. The molecule has 34 heavy (non-hydrogen) atoms. The third kappa shape index (κ3) is 4.95. The molecular formula is C27H29N3O2S2. The zero-order valence-electron chi connectivity index (χ0n) is 20.2. The Morgan fingerprint density at radius 2 is 1.65 bits per heavy atom. The van der Waals surface area contributed by atoms with Gasteiger partial charge in [-0.3, -0.25) is 14.2 Å². The zero-order valence-corrected chi connectivity index (χ0v) is 21.8. The highest BCUT2D eigenvalue weighted by molar-refractivity contribution is 7.99. The highest BCUT2D eigenvalue weighted by Crippen LogP contribution is 2.30. The number of carbonyl (C=O) groups is 1. The molecule has 7 heteroatoms. The van der Waals surface area contributed by atoms with Crippen molar-refractivity contribution >= 4 is 39.2 Å². The summed E-state index contributed by atoms with van der Waals surface area (Å²) in [5.41, 5.74) is 2.37. The lowest BCUT2D eigenvalue weighted by molar-refractivity contribution is -0.133. The normalized spacial score (nSPS) is 11.7. The minimum atomic E-state index is -0.341. The van der Waals surface area contributed by atoms with E-state index in [1.807, 2.05) is 100 Å². The number of thioether (sulfide) groups is 1. The molecule has 0 radical (unpaired) electrons. The fourth-order valence-corrected chi connectivity index (χ4v) is 5.81. The molecule has 5 nitrogen and oxygen atoms in total. The first-order chi connectivity index (χ1) is 16.2. The number of aryl methyl sites for hydroxylation is 2. The molecule has 2 heterocycles. The third-order valence-corrected chi connectivity index (χ3v) is 7.83. The summed E-state index contributed by atoms with van der Waals surface area (Å²) in [7, 11) is 0. The van der Waals surface area contributed by atoms with Crippen molar-refractivity contribution in [1.29, 1.82) is 0 Å². The second-order valence-corrected chi connectivity index (χ2v) is 11.4. The van der Waals surface area contributed by atoms with Crippen LogP contribution in [-0.2, 0) is 11.3 Å². The van der Waals surface area contributed by atoms with Gasteiger partial charge in [-0.25, -0.2) is 4.98 Å². The average molecular weight is 492 g/mol. The topological polar surface area (TPSA) is 55.2 Å². The second-order valence-electron chi connectivity index (χ2n) is 9.26. The molecule has 0 N–H and O–H groups in total. The van der Waals surface area contributed by atoms with Gasteiger partial charge in [-0.15, -0.1) is 11.3 Å². The lowest BCUT2D eigenvalue weighted by Gasteiger charge is -2.36. The summed E-state index contributed by atoms with van der Waals surface area (Å²) < 4.78 is 1.64. The number of fused-ring (bicyclic) bond motifs is 1. The quantitative estimate of drug-likeness (QED) is 0.246. The molecule has 0 atom stereocenters. The van der Waals surface area contributed by atoms with E-state index in [9.17, 15) is 9.59 Å². The first kappa shape index (κ1) is 24.2. The van der Waals surface area contributed by atoms with Crippen molar-refractivity contribution in [2.45, 2.75) is 51.9 Å². The molecular weight excluding hydrogens is 462 g/mol. The van der Waals surface area contributed by atoms with E-state index in [0.717, 1.165) is 26.5 Å². The standard InChI is InChI=1S/C27H29N3O2S2/c1-18-19(2)34-24-23(18)25(32)30(21-14-10-7-11-15-21)26(28-24)33-17-22(31)29(27(3,4)5)16-20-12-8-6-9-13-20/h6-15H,16-17H2,1-5H3. The lowest BCUT2D eigenvalue weighted by Crippen LogP contribution is -2.46. The molecule has 0 saturated carbocycles. The predicted octanol–water partition coefficient (Wildman–Crippen LogP) is 5.98. The first-order valence-electron chi connectivity index (χ1n) is 11.2. The van der Waals surface area contributed by atoms with Gasteiger partial charge in [0.05, 0.1) is 16.8 Å². The molecule has 2 aromatic heterocycles. The molecule has 0 aliphatic rings. The van der Waals surface area contributed by atoms with Crippen LogP contribution in [0, 0.1) is 13.8 Å². The Morgan fingerprint density at radius 3 is 2.26 bits per heavy atom. The van der Waals surface area contributed by atoms with Crippen LogP contribution in [0.15, 0.2) is 70.6 Å². The van der Waals surface area contributed by atoms with E-state index in [-0.39, 0.29) is 22.8 Å². The molecule has 0 aliphatic carbocycles. The van der Waals surface area contributed by atoms with Gasteiger partial charge < -0.3 is 4.90 Å². The Kier molecular flexibility index (Phi) is 6.96. The Bertz CT molecular complexity index is 1370. The van der Waals surface area contributed by atoms with E-state index in [2.05, 4.69) is 0 Å². The Labute approximate surface area is 208 Å². The molecule has 0 aliphatic heterocycles. The van der Waals surface area contributed by atoms with E-state index >= 15 is 0 Å². The second kappa shape index (κ2) is 9.76. The summed E-state index contributed by atoms with van der Waals surface area (Å²) in [5, 5.41) is 1.19. The van der Waals surface area contributed by atoms with Crippen molar-refractivity contribution < 1.29 is 4.79 Å². The molecule has 0 spiro atoms. The van der Waals surface area contributed by atoms with Gasteiger partial charge in [-0.05, 0) is 57.9 Å². The Morgan fingerprint density at radius 1 is 1.03 bits per heavy atom. The van der Waals surface area contributed by atoms with Crippen molar-refractivity contribution in [3.05, 3.63) is 87.0 Å². The first-order valence-corrected chi connectivity index (χ1v) is 13.0. The van der Waals surface area contributed by atoms with Crippen LogP contribution in [0.5, 0.6) is 0 Å². The number of benzene rings is 2. The maximum absolute atomic E-state index is 13.6. The number of carbonyl (C=O) groups excluding carboxylic acids is 1. The zero-order chi connectivity index (χ0) is 24.5. The average Bonchev–Trinajstić information content (AvgIpc) is 3.10. The van der Waals surface area contributed by atoms with Crippen LogP contribution in [0.2, 0.25) is 0 Å². The van der Waals surface area contributed by atoms with Crippen molar-refractivity contribution in [2.24, 2.45) is 0 Å². The number of thiophene rings is 1. The van der Waals surface area contributed by atoms with Crippen molar-refractivity contribution in [1.82, 2.24) is 14.5 Å². The summed E-state index contributed by atoms with van der Waals surface area (Å²) in [4.78, 5) is 35.5. The number of para-hydroxylation sites is 1. The van der Waals surface area contributed by atoms with E-state index in [1.54, 1.807) is 4.57 Å². The molecule has 0 fully saturated rings. The molecule has 0 unspecified atom stereocenters. The third-order valence-electron chi connectivity index (χ3n) is 5.81. The summed E-state index contributed by atoms with van der Waals surface area (Å²) in [6.45, 7) is 10.6. The molecule has 4 aromatic rings. The monoisotopic (exact) mass is 491 g/mol. The van der Waals surface area contributed by atoms with Crippen molar-refractivity contribution in [2.75, 3.05) is 5.75 Å². The highest BCUT2D eigenvalue weighted by Gasteiger charge is 2.27. The van der Waals surface area contributed by atoms with Crippen LogP contribution >= 0.6 is 23.1 Å². The van der Waals surface area contributed by atoms with Crippen LogP contribution in [0.3, 0.4) is 0 Å². The SMILES string of the molecule is Cc1sc2nc(SCC(=O)N(Cc3ccccc3)C(C)(C)C)n(-c3ccccc3)c(=O)c2c1C. The smallest absolute Gasteiger partial charge is 0.267 e. The van der Waals surface area contributed by atoms with Crippen LogP contribution in [0.25, 0.3) is 15.9 Å². The number of rotatable bonds is 6. The predicted molar refractivity (Wildman–Crippen MR) is 142 cm³/mol. The number of amides is 1. The fraction of sp³-hybridized carbons (Fsp3) is 0.296. The van der Waals surface area contributed by atoms with Crippen LogP contribution in [-0.4, -0.2) is 31.6 Å². The molecule has 1 amide bonds. The Hall–Kier alpha value is -2.90. The highest BCUT2D eigenvalue weighted by atomic mass is 32.2. The van der Waals surface area contributed by atoms with E-state index in [0.29, 0.717) is 17.1 Å². The minimum absolute atomic E-state index is 0.00820. The van der Waals surface area contributed by atoms with Crippen LogP contribution in [0.1, 0.15) is 36.8 Å². The summed E-state index contributed by atoms with van der Waals surface area (Å²) in [6, 6.07) is 19.5. The van der Waals surface area contributed by atoms with Gasteiger partial charge in [0.25, 0.3) is 5.56 Å². The summed E-state index contributed by atoms with van der Waals surface area (Å²) in [5.74, 6) is 0.201. The van der Waals surface area contributed by atoms with Gasteiger partial charge >= 0.3 is 0 Å². The molecule has 2 aromatic carbocycles. The lowest BCUT2D eigenvalue weighted by atomic mass is 10.0.